The average molecular weight is 219 g/mol. The summed E-state index contributed by atoms with van der Waals surface area (Å²) in [5, 5.41) is 3.36. The second kappa shape index (κ2) is 5.35. The highest BCUT2D eigenvalue weighted by Crippen LogP contribution is 2.23. The lowest BCUT2D eigenvalue weighted by Crippen LogP contribution is -2.34. The summed E-state index contributed by atoms with van der Waals surface area (Å²) in [4.78, 5) is 0. The highest BCUT2D eigenvalue weighted by atomic mass is 16.5. The van der Waals surface area contributed by atoms with Crippen LogP contribution in [-0.4, -0.2) is 19.2 Å². The second-order valence-corrected chi connectivity index (χ2v) is 4.53. The molecule has 0 atom stereocenters. The van der Waals surface area contributed by atoms with Crippen molar-refractivity contribution < 1.29 is 4.74 Å². The molecule has 0 radical (unpaired) electrons. The van der Waals surface area contributed by atoms with Crippen LogP contribution in [0.3, 0.4) is 0 Å². The van der Waals surface area contributed by atoms with Crippen molar-refractivity contribution >= 4 is 0 Å². The minimum atomic E-state index is 0.397. The first-order chi connectivity index (χ1) is 7.79. The van der Waals surface area contributed by atoms with Crippen LogP contribution in [-0.2, 0) is 6.42 Å². The molecule has 1 aliphatic heterocycles. The number of piperidine rings is 1. The van der Waals surface area contributed by atoms with E-state index in [-0.39, 0.29) is 0 Å². The molecule has 2 rings (SSSR count). The van der Waals surface area contributed by atoms with Crippen molar-refractivity contribution in [3.05, 3.63) is 29.3 Å². The molecule has 0 spiro atoms. The lowest BCUT2D eigenvalue weighted by atomic mass is 10.1. The van der Waals surface area contributed by atoms with E-state index < -0.39 is 0 Å². The third-order valence-corrected chi connectivity index (χ3v) is 3.18. The van der Waals surface area contributed by atoms with Crippen LogP contribution in [0.2, 0.25) is 0 Å². The highest BCUT2D eigenvalue weighted by Gasteiger charge is 2.15. The number of rotatable bonds is 3. The van der Waals surface area contributed by atoms with Gasteiger partial charge >= 0.3 is 0 Å². The van der Waals surface area contributed by atoms with Crippen molar-refractivity contribution in [2.75, 3.05) is 13.1 Å². The molecule has 1 aliphatic rings. The van der Waals surface area contributed by atoms with Gasteiger partial charge in [0.2, 0.25) is 0 Å². The maximum absolute atomic E-state index is 6.12. The summed E-state index contributed by atoms with van der Waals surface area (Å²) in [6.45, 7) is 6.46. The smallest absolute Gasteiger partial charge is 0.123 e. The van der Waals surface area contributed by atoms with Gasteiger partial charge in [0.25, 0.3) is 0 Å². The quantitative estimate of drug-likeness (QED) is 0.844. The first-order valence-corrected chi connectivity index (χ1v) is 6.26. The molecule has 1 heterocycles. The third kappa shape index (κ3) is 2.76. The van der Waals surface area contributed by atoms with Crippen LogP contribution in [0.1, 0.15) is 30.9 Å². The number of ether oxygens (including phenoxy) is 1. The molecule has 1 aromatic rings. The minimum absolute atomic E-state index is 0.397. The predicted octanol–water partition coefficient (Wildman–Crippen LogP) is 2.69. The predicted molar refractivity (Wildman–Crippen MR) is 67.1 cm³/mol. The van der Waals surface area contributed by atoms with E-state index in [1.807, 2.05) is 0 Å². The van der Waals surface area contributed by atoms with Gasteiger partial charge in [-0.25, -0.2) is 0 Å². The van der Waals surface area contributed by atoms with E-state index in [0.29, 0.717) is 6.10 Å². The van der Waals surface area contributed by atoms with Gasteiger partial charge in [-0.3, -0.25) is 0 Å². The SMILES string of the molecule is CCc1ccc(C)cc1OC1CCNCC1. The van der Waals surface area contributed by atoms with Crippen LogP contribution in [0.25, 0.3) is 0 Å². The van der Waals surface area contributed by atoms with Crippen molar-refractivity contribution in [1.82, 2.24) is 5.32 Å². The molecule has 1 N–H and O–H groups in total. The fourth-order valence-electron chi connectivity index (χ4n) is 2.16. The molecule has 0 saturated carbocycles. The number of benzene rings is 1. The molecule has 1 saturated heterocycles. The lowest BCUT2D eigenvalue weighted by molar-refractivity contribution is 0.161. The van der Waals surface area contributed by atoms with Crippen LogP contribution >= 0.6 is 0 Å². The lowest BCUT2D eigenvalue weighted by Gasteiger charge is -2.25. The zero-order valence-electron chi connectivity index (χ0n) is 10.3. The Morgan fingerprint density at radius 1 is 1.31 bits per heavy atom. The van der Waals surface area contributed by atoms with E-state index in [4.69, 9.17) is 4.74 Å². The van der Waals surface area contributed by atoms with Crippen LogP contribution in [0, 0.1) is 6.92 Å². The van der Waals surface area contributed by atoms with Gasteiger partial charge in [0.15, 0.2) is 0 Å². The minimum Gasteiger partial charge on any atom is -0.490 e. The topological polar surface area (TPSA) is 21.3 Å². The van der Waals surface area contributed by atoms with Gasteiger partial charge in [0.1, 0.15) is 11.9 Å². The molecule has 1 aromatic carbocycles. The fourth-order valence-corrected chi connectivity index (χ4v) is 2.16. The Hall–Kier alpha value is -1.02. The third-order valence-electron chi connectivity index (χ3n) is 3.18. The molecule has 0 aromatic heterocycles. The van der Waals surface area contributed by atoms with Gasteiger partial charge in [-0.05, 0) is 56.5 Å². The summed E-state index contributed by atoms with van der Waals surface area (Å²) in [6, 6.07) is 6.51. The standard InChI is InChI=1S/C14H21NO/c1-3-12-5-4-11(2)10-14(12)16-13-6-8-15-9-7-13/h4-5,10,13,15H,3,6-9H2,1-2H3. The molecule has 0 amide bonds. The van der Waals surface area contributed by atoms with Crippen molar-refractivity contribution in [3.63, 3.8) is 0 Å². The summed E-state index contributed by atoms with van der Waals surface area (Å²) in [6.07, 6.45) is 3.68. The van der Waals surface area contributed by atoms with Crippen LogP contribution in [0.15, 0.2) is 18.2 Å². The summed E-state index contributed by atoms with van der Waals surface area (Å²) < 4.78 is 6.12. The number of aryl methyl sites for hydroxylation is 2. The number of nitrogens with one attached hydrogen (secondary N) is 1. The monoisotopic (exact) mass is 219 g/mol. The largest absolute Gasteiger partial charge is 0.490 e. The van der Waals surface area contributed by atoms with E-state index in [9.17, 15) is 0 Å². The van der Waals surface area contributed by atoms with E-state index in [2.05, 4.69) is 37.4 Å². The van der Waals surface area contributed by atoms with E-state index in [0.717, 1.165) is 38.1 Å². The average Bonchev–Trinajstić information content (AvgIpc) is 2.31. The first-order valence-electron chi connectivity index (χ1n) is 6.26. The molecule has 0 aliphatic carbocycles. The molecule has 16 heavy (non-hydrogen) atoms. The van der Waals surface area contributed by atoms with Crippen LogP contribution < -0.4 is 10.1 Å². The number of hydrogen-bond acceptors (Lipinski definition) is 2. The molecular formula is C14H21NO. The van der Waals surface area contributed by atoms with Gasteiger partial charge in [-0.15, -0.1) is 0 Å². The molecule has 0 unspecified atom stereocenters. The maximum atomic E-state index is 6.12. The van der Waals surface area contributed by atoms with E-state index in [1.165, 1.54) is 11.1 Å². The Kier molecular flexibility index (Phi) is 3.83. The van der Waals surface area contributed by atoms with Crippen molar-refractivity contribution in [2.24, 2.45) is 0 Å². The Morgan fingerprint density at radius 3 is 2.75 bits per heavy atom. The molecule has 2 nitrogen and oxygen atoms in total. The van der Waals surface area contributed by atoms with Crippen LogP contribution in [0.4, 0.5) is 0 Å². The Morgan fingerprint density at radius 2 is 2.06 bits per heavy atom. The molecule has 88 valence electrons. The second-order valence-electron chi connectivity index (χ2n) is 4.53. The zero-order chi connectivity index (χ0) is 11.4. The van der Waals surface area contributed by atoms with Crippen molar-refractivity contribution in [2.45, 2.75) is 39.2 Å². The summed E-state index contributed by atoms with van der Waals surface area (Å²) in [5.74, 6) is 1.09. The molecule has 0 bridgehead atoms. The van der Waals surface area contributed by atoms with Gasteiger partial charge in [0, 0.05) is 0 Å². The molecule has 2 heteroatoms. The summed E-state index contributed by atoms with van der Waals surface area (Å²) in [7, 11) is 0. The van der Waals surface area contributed by atoms with E-state index in [1.54, 1.807) is 0 Å². The summed E-state index contributed by atoms with van der Waals surface area (Å²) >= 11 is 0. The van der Waals surface area contributed by atoms with Gasteiger partial charge in [-0.2, -0.15) is 0 Å². The van der Waals surface area contributed by atoms with Crippen molar-refractivity contribution in [1.29, 1.82) is 0 Å². The van der Waals surface area contributed by atoms with Gasteiger partial charge < -0.3 is 10.1 Å². The molecule has 1 fully saturated rings. The first kappa shape index (κ1) is 11.5. The highest BCUT2D eigenvalue weighted by molar-refractivity contribution is 5.37. The van der Waals surface area contributed by atoms with Crippen LogP contribution in [0.5, 0.6) is 5.75 Å². The van der Waals surface area contributed by atoms with Crippen molar-refractivity contribution in [3.8, 4) is 5.75 Å². The maximum Gasteiger partial charge on any atom is 0.123 e. The number of hydrogen-bond donors (Lipinski definition) is 1. The van der Waals surface area contributed by atoms with Gasteiger partial charge in [-0.1, -0.05) is 19.1 Å². The van der Waals surface area contributed by atoms with Gasteiger partial charge in [0.05, 0.1) is 0 Å². The Bertz CT molecular complexity index is 343. The molecular weight excluding hydrogens is 198 g/mol. The fraction of sp³-hybridized carbons (Fsp3) is 0.571. The Balaban J connectivity index is 2.09. The summed E-state index contributed by atoms with van der Waals surface area (Å²) in [5.41, 5.74) is 2.60. The Labute approximate surface area is 98.0 Å². The zero-order valence-corrected chi connectivity index (χ0v) is 10.3. The normalized spacial score (nSPS) is 17.4. The van der Waals surface area contributed by atoms with E-state index >= 15 is 0 Å².